The number of aliphatic hydroxyl groups excluding tert-OH is 1. The van der Waals surface area contributed by atoms with Crippen molar-refractivity contribution in [2.24, 2.45) is 0 Å². The Kier molecular flexibility index (Phi) is 3.79. The summed E-state index contributed by atoms with van der Waals surface area (Å²) in [7, 11) is 0. The molecule has 4 heteroatoms. The minimum Gasteiger partial charge on any atom is -0.487 e. The van der Waals surface area contributed by atoms with E-state index in [1.54, 1.807) is 6.20 Å². The molecule has 0 spiro atoms. The number of aromatic nitrogens is 1. The van der Waals surface area contributed by atoms with Crippen LogP contribution in [0.2, 0.25) is 0 Å². The van der Waals surface area contributed by atoms with Crippen molar-refractivity contribution in [1.82, 2.24) is 4.98 Å². The molecule has 1 aliphatic heterocycles. The van der Waals surface area contributed by atoms with Gasteiger partial charge in [0.15, 0.2) is 0 Å². The fourth-order valence-electron chi connectivity index (χ4n) is 2.80. The maximum absolute atomic E-state index is 10.4. The third-order valence-electron chi connectivity index (χ3n) is 3.78. The largest absolute Gasteiger partial charge is 0.487 e. The van der Waals surface area contributed by atoms with E-state index in [2.05, 4.69) is 4.98 Å². The van der Waals surface area contributed by atoms with Crippen LogP contribution in [0, 0.1) is 6.92 Å². The summed E-state index contributed by atoms with van der Waals surface area (Å²) in [4.78, 5) is 4.29. The molecule has 1 N–H and O–H groups in total. The summed E-state index contributed by atoms with van der Waals surface area (Å²) in [6.07, 6.45) is 1.73. The second kappa shape index (κ2) is 5.61. The van der Waals surface area contributed by atoms with Crippen molar-refractivity contribution in [3.8, 4) is 11.5 Å². The van der Waals surface area contributed by atoms with Crippen molar-refractivity contribution in [1.29, 1.82) is 0 Å². The van der Waals surface area contributed by atoms with Gasteiger partial charge in [-0.3, -0.25) is 4.98 Å². The fraction of sp³-hybridized carbons (Fsp3) is 0.389. The van der Waals surface area contributed by atoms with Gasteiger partial charge in [-0.15, -0.1) is 0 Å². The number of pyridine rings is 1. The molecule has 2 heterocycles. The lowest BCUT2D eigenvalue weighted by Crippen LogP contribution is -2.35. The molecule has 0 fully saturated rings. The zero-order chi connectivity index (χ0) is 15.7. The minimum absolute atomic E-state index is 0.369. The molecule has 3 rings (SSSR count). The van der Waals surface area contributed by atoms with Gasteiger partial charge in [-0.1, -0.05) is 6.07 Å². The summed E-state index contributed by atoms with van der Waals surface area (Å²) in [5.74, 6) is 1.35. The van der Waals surface area contributed by atoms with Gasteiger partial charge >= 0.3 is 0 Å². The van der Waals surface area contributed by atoms with Crippen LogP contribution >= 0.6 is 0 Å². The summed E-state index contributed by atoms with van der Waals surface area (Å²) < 4.78 is 11.8. The Labute approximate surface area is 130 Å². The monoisotopic (exact) mass is 299 g/mol. The van der Waals surface area contributed by atoms with Gasteiger partial charge in [0.25, 0.3) is 0 Å². The van der Waals surface area contributed by atoms with E-state index >= 15 is 0 Å². The maximum Gasteiger partial charge on any atom is 0.130 e. The number of hydrogen-bond acceptors (Lipinski definition) is 4. The summed E-state index contributed by atoms with van der Waals surface area (Å²) >= 11 is 0. The zero-order valence-corrected chi connectivity index (χ0v) is 13.2. The van der Waals surface area contributed by atoms with Gasteiger partial charge in [0, 0.05) is 12.6 Å². The molecular weight excluding hydrogens is 278 g/mol. The number of benzene rings is 1. The highest BCUT2D eigenvalue weighted by Gasteiger charge is 2.34. The zero-order valence-electron chi connectivity index (χ0n) is 13.2. The maximum atomic E-state index is 10.4. The van der Waals surface area contributed by atoms with Gasteiger partial charge in [0.05, 0.1) is 17.4 Å². The molecule has 0 saturated heterocycles. The predicted molar refractivity (Wildman–Crippen MR) is 84.0 cm³/mol. The summed E-state index contributed by atoms with van der Waals surface area (Å²) in [5, 5.41) is 10.4. The van der Waals surface area contributed by atoms with Crippen LogP contribution in [0.1, 0.15) is 43.2 Å². The number of nitrogens with zero attached hydrogens (tertiary/aromatic N) is 1. The van der Waals surface area contributed by atoms with Crippen LogP contribution in [0.3, 0.4) is 0 Å². The number of ether oxygens (including phenoxy) is 2. The molecular formula is C18H21NO3. The van der Waals surface area contributed by atoms with E-state index in [9.17, 15) is 5.11 Å². The average molecular weight is 299 g/mol. The molecule has 4 nitrogen and oxygen atoms in total. The number of fused-ring (bicyclic) bond motifs is 1. The van der Waals surface area contributed by atoms with Crippen LogP contribution in [0.15, 0.2) is 36.5 Å². The first kappa shape index (κ1) is 14.9. The van der Waals surface area contributed by atoms with Crippen LogP contribution in [0.4, 0.5) is 0 Å². The first-order valence-corrected chi connectivity index (χ1v) is 7.49. The highest BCUT2D eigenvalue weighted by atomic mass is 16.5. The summed E-state index contributed by atoms with van der Waals surface area (Å²) in [6.45, 7) is 6.34. The minimum atomic E-state index is -0.583. The molecule has 0 radical (unpaired) electrons. The molecule has 116 valence electrons. The smallest absolute Gasteiger partial charge is 0.130 e. The molecule has 0 amide bonds. The Bertz CT molecular complexity index is 682. The Hall–Kier alpha value is -2.07. The van der Waals surface area contributed by atoms with Gasteiger partial charge in [-0.25, -0.2) is 0 Å². The number of aliphatic hydroxyl groups is 1. The van der Waals surface area contributed by atoms with E-state index < -0.39 is 6.10 Å². The Balaban J connectivity index is 1.84. The second-order valence-electron chi connectivity index (χ2n) is 6.36. The van der Waals surface area contributed by atoms with Crippen LogP contribution in [-0.4, -0.2) is 15.7 Å². The second-order valence-corrected chi connectivity index (χ2v) is 6.36. The number of rotatable bonds is 3. The SMILES string of the molecule is Cc1ccnc(COc2cccc3c2C(O)CC(C)(C)O3)c1. The number of aryl methyl sites for hydroxylation is 1. The van der Waals surface area contributed by atoms with Crippen molar-refractivity contribution in [3.05, 3.63) is 53.3 Å². The third kappa shape index (κ3) is 3.07. The molecule has 1 aromatic carbocycles. The highest BCUT2D eigenvalue weighted by Crippen LogP contribution is 2.44. The van der Waals surface area contributed by atoms with Gasteiger partial charge in [-0.2, -0.15) is 0 Å². The van der Waals surface area contributed by atoms with Crippen molar-refractivity contribution < 1.29 is 14.6 Å². The first-order valence-electron chi connectivity index (χ1n) is 7.49. The third-order valence-corrected chi connectivity index (χ3v) is 3.78. The van der Waals surface area contributed by atoms with E-state index in [0.717, 1.165) is 16.8 Å². The molecule has 0 saturated carbocycles. The van der Waals surface area contributed by atoms with Gasteiger partial charge < -0.3 is 14.6 Å². The highest BCUT2D eigenvalue weighted by molar-refractivity contribution is 5.48. The fourth-order valence-corrected chi connectivity index (χ4v) is 2.80. The normalized spacial score (nSPS) is 19.2. The Morgan fingerprint density at radius 2 is 2.18 bits per heavy atom. The summed E-state index contributed by atoms with van der Waals surface area (Å²) in [6, 6.07) is 9.56. The van der Waals surface area contributed by atoms with Crippen molar-refractivity contribution >= 4 is 0 Å². The van der Waals surface area contributed by atoms with E-state index in [1.165, 1.54) is 0 Å². The quantitative estimate of drug-likeness (QED) is 0.941. The van der Waals surface area contributed by atoms with Crippen LogP contribution in [0.5, 0.6) is 11.5 Å². The molecule has 2 aromatic rings. The molecule has 1 aromatic heterocycles. The van der Waals surface area contributed by atoms with Crippen LogP contribution in [-0.2, 0) is 6.61 Å². The van der Waals surface area contributed by atoms with Crippen molar-refractivity contribution in [2.45, 2.75) is 45.5 Å². The van der Waals surface area contributed by atoms with Crippen LogP contribution in [0.25, 0.3) is 0 Å². The molecule has 1 atom stereocenters. The van der Waals surface area contributed by atoms with E-state index in [1.807, 2.05) is 51.1 Å². The van der Waals surface area contributed by atoms with Gasteiger partial charge in [0.2, 0.25) is 0 Å². The molecule has 22 heavy (non-hydrogen) atoms. The van der Waals surface area contributed by atoms with Crippen molar-refractivity contribution in [2.75, 3.05) is 0 Å². The number of hydrogen-bond donors (Lipinski definition) is 1. The van der Waals surface area contributed by atoms with E-state index in [-0.39, 0.29) is 5.60 Å². The first-order chi connectivity index (χ1) is 10.4. The predicted octanol–water partition coefficient (Wildman–Crippen LogP) is 3.56. The topological polar surface area (TPSA) is 51.6 Å². The van der Waals surface area contributed by atoms with Gasteiger partial charge in [-0.05, 0) is 50.6 Å². The lowest BCUT2D eigenvalue weighted by atomic mass is 9.91. The standard InChI is InChI=1S/C18H21NO3/c1-12-7-8-19-13(9-12)11-21-15-5-4-6-16-17(15)14(20)10-18(2,3)22-16/h4-9,14,20H,10-11H2,1-3H3. The van der Waals surface area contributed by atoms with Crippen LogP contribution < -0.4 is 9.47 Å². The Morgan fingerprint density at radius 3 is 2.95 bits per heavy atom. The van der Waals surface area contributed by atoms with E-state index in [4.69, 9.17) is 9.47 Å². The van der Waals surface area contributed by atoms with Gasteiger partial charge in [0.1, 0.15) is 23.7 Å². The average Bonchev–Trinajstić information content (AvgIpc) is 2.43. The molecule has 1 unspecified atom stereocenters. The molecule has 1 aliphatic rings. The Morgan fingerprint density at radius 1 is 1.36 bits per heavy atom. The lowest BCUT2D eigenvalue weighted by molar-refractivity contribution is 0.00947. The van der Waals surface area contributed by atoms with E-state index in [0.29, 0.717) is 24.5 Å². The van der Waals surface area contributed by atoms with Crippen molar-refractivity contribution in [3.63, 3.8) is 0 Å². The summed E-state index contributed by atoms with van der Waals surface area (Å²) in [5.41, 5.74) is 2.37. The lowest BCUT2D eigenvalue weighted by Gasteiger charge is -2.36. The molecule has 0 bridgehead atoms. The molecule has 0 aliphatic carbocycles.